The molecule has 0 aliphatic carbocycles. The maximum absolute atomic E-state index is 4.72. The number of hydrogen-bond acceptors (Lipinski definition) is 4. The van der Waals surface area contributed by atoms with Crippen LogP contribution >= 0.6 is 0 Å². The lowest BCUT2D eigenvalue weighted by Crippen LogP contribution is -2.44. The van der Waals surface area contributed by atoms with Crippen LogP contribution in [0.3, 0.4) is 0 Å². The molecule has 0 saturated carbocycles. The highest BCUT2D eigenvalue weighted by Gasteiger charge is 2.23. The summed E-state index contributed by atoms with van der Waals surface area (Å²) in [5.41, 5.74) is 2.12. The molecule has 0 radical (unpaired) electrons. The Kier molecular flexibility index (Phi) is 5.18. The van der Waals surface area contributed by atoms with Crippen LogP contribution in [0.4, 0.5) is 5.69 Å². The second kappa shape index (κ2) is 8.07. The minimum absolute atomic E-state index is 0.373. The topological polar surface area (TPSA) is 69.8 Å². The van der Waals surface area contributed by atoms with Gasteiger partial charge >= 0.3 is 0 Å². The van der Waals surface area contributed by atoms with Crippen LogP contribution in [-0.2, 0) is 6.54 Å². The molecule has 4 rings (SSSR count). The van der Waals surface area contributed by atoms with Gasteiger partial charge < -0.3 is 15.5 Å². The first-order valence-electron chi connectivity index (χ1n) is 9.47. The van der Waals surface area contributed by atoms with E-state index in [0.29, 0.717) is 12.6 Å². The molecule has 7 nitrogen and oxygen atoms in total. The summed E-state index contributed by atoms with van der Waals surface area (Å²) in [6, 6.07) is 16.8. The third-order valence-electron chi connectivity index (χ3n) is 4.76. The molecule has 1 aliphatic heterocycles. The molecule has 1 aliphatic rings. The van der Waals surface area contributed by atoms with Gasteiger partial charge in [-0.3, -0.25) is 4.40 Å². The van der Waals surface area contributed by atoms with E-state index in [1.54, 1.807) is 0 Å². The molecule has 140 valence electrons. The summed E-state index contributed by atoms with van der Waals surface area (Å²) in [7, 11) is 0. The molecule has 0 spiro atoms. The molecule has 0 bridgehead atoms. The SMILES string of the molecule is CCNC(=NCc1nnc2ccccn12)NC1CCN(c2ccccc2)C1. The fourth-order valence-corrected chi connectivity index (χ4v) is 3.41. The fourth-order valence-electron chi connectivity index (χ4n) is 3.41. The zero-order valence-electron chi connectivity index (χ0n) is 15.5. The van der Waals surface area contributed by atoms with Crippen molar-refractivity contribution in [2.45, 2.75) is 25.9 Å². The number of aromatic nitrogens is 3. The smallest absolute Gasteiger partial charge is 0.191 e. The number of fused-ring (bicyclic) bond motifs is 1. The van der Waals surface area contributed by atoms with E-state index in [9.17, 15) is 0 Å². The zero-order chi connectivity index (χ0) is 18.5. The molecule has 1 unspecified atom stereocenters. The van der Waals surface area contributed by atoms with Gasteiger partial charge in [0.2, 0.25) is 0 Å². The summed E-state index contributed by atoms with van der Waals surface area (Å²) in [6.07, 6.45) is 3.06. The molecule has 1 fully saturated rings. The largest absolute Gasteiger partial charge is 0.369 e. The average molecular weight is 363 g/mol. The highest BCUT2D eigenvalue weighted by Crippen LogP contribution is 2.19. The molecule has 27 heavy (non-hydrogen) atoms. The van der Waals surface area contributed by atoms with Crippen molar-refractivity contribution >= 4 is 17.3 Å². The van der Waals surface area contributed by atoms with Crippen LogP contribution in [-0.4, -0.2) is 46.2 Å². The number of pyridine rings is 1. The fraction of sp³-hybridized carbons (Fsp3) is 0.350. The Labute approximate surface area is 159 Å². The standard InChI is InChI=1S/C20H25N7/c1-2-21-20(22-14-19-25-24-18-10-6-7-12-27(18)19)23-16-11-13-26(15-16)17-8-4-3-5-9-17/h3-10,12,16H,2,11,13-15H2,1H3,(H2,21,22,23). The van der Waals surface area contributed by atoms with Crippen molar-refractivity contribution in [3.63, 3.8) is 0 Å². The van der Waals surface area contributed by atoms with E-state index in [1.165, 1.54) is 5.69 Å². The summed E-state index contributed by atoms with van der Waals surface area (Å²) in [5.74, 6) is 1.66. The molecule has 2 aromatic heterocycles. The molecule has 1 atom stereocenters. The van der Waals surface area contributed by atoms with Crippen LogP contribution in [0.15, 0.2) is 59.7 Å². The first kappa shape index (κ1) is 17.3. The van der Waals surface area contributed by atoms with Crippen LogP contribution in [0.25, 0.3) is 5.65 Å². The molecular weight excluding hydrogens is 338 g/mol. The molecular formula is C20H25N7. The predicted octanol–water partition coefficient (Wildman–Crippen LogP) is 2.06. The Bertz CT molecular complexity index is 903. The summed E-state index contributed by atoms with van der Waals surface area (Å²) < 4.78 is 1.97. The van der Waals surface area contributed by atoms with Gasteiger partial charge in [-0.1, -0.05) is 24.3 Å². The van der Waals surface area contributed by atoms with Gasteiger partial charge in [-0.25, -0.2) is 4.99 Å². The summed E-state index contributed by atoms with van der Waals surface area (Å²) >= 11 is 0. The van der Waals surface area contributed by atoms with Crippen molar-refractivity contribution in [1.82, 2.24) is 25.2 Å². The lowest BCUT2D eigenvalue weighted by molar-refractivity contribution is 0.648. The quantitative estimate of drug-likeness (QED) is 0.536. The Hall–Kier alpha value is -3.09. The first-order chi connectivity index (χ1) is 13.3. The van der Waals surface area contributed by atoms with Crippen LogP contribution in [0.2, 0.25) is 0 Å². The van der Waals surface area contributed by atoms with Crippen molar-refractivity contribution in [3.8, 4) is 0 Å². The number of aliphatic imine (C=N–C) groups is 1. The predicted molar refractivity (Wildman–Crippen MR) is 108 cm³/mol. The number of hydrogen-bond donors (Lipinski definition) is 2. The number of para-hydroxylation sites is 1. The lowest BCUT2D eigenvalue weighted by Gasteiger charge is -2.20. The van der Waals surface area contributed by atoms with E-state index in [-0.39, 0.29) is 0 Å². The Morgan fingerprint density at radius 2 is 2.00 bits per heavy atom. The Morgan fingerprint density at radius 3 is 2.85 bits per heavy atom. The minimum atomic E-state index is 0.373. The number of anilines is 1. The van der Waals surface area contributed by atoms with Gasteiger partial charge in [-0.15, -0.1) is 10.2 Å². The monoisotopic (exact) mass is 363 g/mol. The molecule has 1 saturated heterocycles. The van der Waals surface area contributed by atoms with E-state index in [4.69, 9.17) is 4.99 Å². The molecule has 2 N–H and O–H groups in total. The maximum Gasteiger partial charge on any atom is 0.191 e. The van der Waals surface area contributed by atoms with Gasteiger partial charge in [0.1, 0.15) is 6.54 Å². The second-order valence-corrected chi connectivity index (χ2v) is 6.65. The Balaban J connectivity index is 1.41. The molecule has 0 amide bonds. The molecule has 1 aromatic carbocycles. The van der Waals surface area contributed by atoms with Crippen molar-refractivity contribution in [1.29, 1.82) is 0 Å². The van der Waals surface area contributed by atoms with Gasteiger partial charge in [0.25, 0.3) is 0 Å². The van der Waals surface area contributed by atoms with Gasteiger partial charge in [0, 0.05) is 37.6 Å². The third-order valence-corrected chi connectivity index (χ3v) is 4.76. The first-order valence-corrected chi connectivity index (χ1v) is 9.47. The van der Waals surface area contributed by atoms with E-state index >= 15 is 0 Å². The van der Waals surface area contributed by atoms with Crippen LogP contribution in [0.1, 0.15) is 19.2 Å². The van der Waals surface area contributed by atoms with Crippen molar-refractivity contribution in [2.24, 2.45) is 4.99 Å². The Morgan fingerprint density at radius 1 is 1.15 bits per heavy atom. The second-order valence-electron chi connectivity index (χ2n) is 6.65. The summed E-state index contributed by atoms with van der Waals surface area (Å²) in [5, 5.41) is 15.3. The van der Waals surface area contributed by atoms with Gasteiger partial charge in [-0.05, 0) is 37.6 Å². The van der Waals surface area contributed by atoms with Gasteiger partial charge in [0.05, 0.1) is 0 Å². The highest BCUT2D eigenvalue weighted by atomic mass is 15.3. The lowest BCUT2D eigenvalue weighted by atomic mass is 10.3. The van der Waals surface area contributed by atoms with Crippen molar-refractivity contribution in [3.05, 3.63) is 60.6 Å². The normalized spacial score (nSPS) is 17.4. The third kappa shape index (κ3) is 4.02. The highest BCUT2D eigenvalue weighted by molar-refractivity contribution is 5.80. The number of guanidine groups is 1. The summed E-state index contributed by atoms with van der Waals surface area (Å²) in [4.78, 5) is 7.13. The van der Waals surface area contributed by atoms with Gasteiger partial charge in [-0.2, -0.15) is 0 Å². The molecule has 3 heterocycles. The minimum Gasteiger partial charge on any atom is -0.369 e. The van der Waals surface area contributed by atoms with E-state index in [2.05, 4.69) is 63.0 Å². The van der Waals surface area contributed by atoms with Gasteiger partial charge in [0.15, 0.2) is 17.4 Å². The number of nitrogens with one attached hydrogen (secondary N) is 2. The van der Waals surface area contributed by atoms with Crippen molar-refractivity contribution < 1.29 is 0 Å². The van der Waals surface area contributed by atoms with Crippen molar-refractivity contribution in [2.75, 3.05) is 24.5 Å². The van der Waals surface area contributed by atoms with Crippen LogP contribution in [0.5, 0.6) is 0 Å². The number of rotatable bonds is 5. The number of benzene rings is 1. The average Bonchev–Trinajstić information content (AvgIpc) is 3.34. The van der Waals surface area contributed by atoms with E-state index in [1.807, 2.05) is 28.8 Å². The molecule has 3 aromatic rings. The van der Waals surface area contributed by atoms with E-state index < -0.39 is 0 Å². The van der Waals surface area contributed by atoms with Crippen LogP contribution < -0.4 is 15.5 Å². The zero-order valence-corrected chi connectivity index (χ0v) is 15.5. The maximum atomic E-state index is 4.72. The number of nitrogens with zero attached hydrogens (tertiary/aromatic N) is 5. The van der Waals surface area contributed by atoms with E-state index in [0.717, 1.165) is 43.5 Å². The van der Waals surface area contributed by atoms with Crippen LogP contribution in [0, 0.1) is 0 Å². The molecule has 7 heteroatoms. The summed E-state index contributed by atoms with van der Waals surface area (Å²) in [6.45, 7) is 5.41.